The summed E-state index contributed by atoms with van der Waals surface area (Å²) in [4.78, 5) is 67.3. The molecule has 6 rings (SSSR count). The van der Waals surface area contributed by atoms with E-state index < -0.39 is 60.1 Å². The predicted octanol–water partition coefficient (Wildman–Crippen LogP) is 2.70. The normalized spacial score (nSPS) is 25.3. The number of alkyl halides is 3. The molecule has 0 saturated carbocycles. The maximum absolute atomic E-state index is 13.6. The molecule has 2 atom stereocenters. The fourth-order valence-electron chi connectivity index (χ4n) is 6.69. The zero-order valence-corrected chi connectivity index (χ0v) is 22.0. The molecular weight excluding hydrogens is 543 g/mol. The van der Waals surface area contributed by atoms with Crippen molar-refractivity contribution in [2.24, 2.45) is 0 Å². The van der Waals surface area contributed by atoms with Crippen molar-refractivity contribution >= 4 is 35.5 Å². The van der Waals surface area contributed by atoms with Gasteiger partial charge in [0.2, 0.25) is 5.91 Å². The topological polar surface area (TPSA) is 119 Å². The van der Waals surface area contributed by atoms with E-state index in [4.69, 9.17) is 0 Å². The maximum Gasteiger partial charge on any atom is 0.406 e. The van der Waals surface area contributed by atoms with Crippen LogP contribution in [0.3, 0.4) is 0 Å². The van der Waals surface area contributed by atoms with Gasteiger partial charge in [-0.15, -0.1) is 0 Å². The van der Waals surface area contributed by atoms with E-state index in [2.05, 4.69) is 10.6 Å². The van der Waals surface area contributed by atoms with Crippen molar-refractivity contribution in [2.75, 3.05) is 25.5 Å². The Kier molecular flexibility index (Phi) is 5.91. The molecule has 2 unspecified atom stereocenters. The summed E-state index contributed by atoms with van der Waals surface area (Å²) in [5.74, 6) is -2.08. The molecular formula is C28H26F3N5O5. The van der Waals surface area contributed by atoms with Crippen LogP contribution in [0.15, 0.2) is 42.5 Å². The lowest BCUT2D eigenvalue weighted by molar-refractivity contribution is -0.155. The van der Waals surface area contributed by atoms with Gasteiger partial charge in [0.15, 0.2) is 0 Å². The van der Waals surface area contributed by atoms with E-state index in [0.29, 0.717) is 30.5 Å². The summed E-state index contributed by atoms with van der Waals surface area (Å²) in [6.07, 6.45) is -3.13. The van der Waals surface area contributed by atoms with Gasteiger partial charge in [-0.3, -0.25) is 29.5 Å². The van der Waals surface area contributed by atoms with Crippen molar-refractivity contribution in [3.8, 4) is 0 Å². The quantitative estimate of drug-likeness (QED) is 0.549. The van der Waals surface area contributed by atoms with Crippen molar-refractivity contribution in [3.05, 3.63) is 64.7 Å². The number of amides is 7. The molecule has 4 aliphatic rings. The average Bonchev–Trinajstić information content (AvgIpc) is 3.46. The second kappa shape index (κ2) is 9.05. The molecule has 2 saturated heterocycles. The van der Waals surface area contributed by atoms with Gasteiger partial charge in [0, 0.05) is 25.6 Å². The number of nitrogens with zero attached hydrogens (tertiary/aromatic N) is 3. The monoisotopic (exact) mass is 569 g/mol. The number of fused-ring (bicyclic) bond motifs is 3. The molecule has 10 nitrogen and oxygen atoms in total. The minimum absolute atomic E-state index is 0.0887. The number of aryl methyl sites for hydroxylation is 1. The first-order valence-corrected chi connectivity index (χ1v) is 13.2. The fourth-order valence-corrected chi connectivity index (χ4v) is 6.69. The van der Waals surface area contributed by atoms with E-state index in [0.717, 1.165) is 21.6 Å². The summed E-state index contributed by atoms with van der Waals surface area (Å²) in [6, 6.07) is 10.2. The van der Waals surface area contributed by atoms with Crippen LogP contribution in [0.1, 0.15) is 35.1 Å². The number of halogens is 3. The van der Waals surface area contributed by atoms with Gasteiger partial charge < -0.3 is 10.2 Å². The molecule has 2 spiro atoms. The highest BCUT2D eigenvalue weighted by Gasteiger charge is 2.61. The van der Waals surface area contributed by atoms with Crippen molar-refractivity contribution in [2.45, 2.75) is 49.4 Å². The molecule has 214 valence electrons. The van der Waals surface area contributed by atoms with E-state index >= 15 is 0 Å². The SMILES string of the molecule is CN1C(=O)NC(=O)C12Cc1ccc(NC(=O)CN3C(=O)N(CC(F)(F)F)C(=O)C34CCCc3ccccc34)cc1C2. The van der Waals surface area contributed by atoms with Gasteiger partial charge in [0.1, 0.15) is 24.2 Å². The van der Waals surface area contributed by atoms with Gasteiger partial charge in [-0.1, -0.05) is 30.3 Å². The first-order chi connectivity index (χ1) is 19.4. The molecule has 0 bridgehead atoms. The maximum atomic E-state index is 13.6. The van der Waals surface area contributed by atoms with Gasteiger partial charge in [-0.25, -0.2) is 9.59 Å². The van der Waals surface area contributed by atoms with Crippen LogP contribution in [0, 0.1) is 0 Å². The standard InChI is InChI=1S/C28H26F3N5O5/c1-34-24(40)33-22(38)26(34)12-17-8-9-19(11-18(17)13-26)32-21(37)14-36-25(41)35(15-28(29,30)31)23(39)27(36)10-4-6-16-5-2-3-7-20(16)27/h2-3,5,7-9,11H,4,6,10,12-15H2,1H3,(H,32,37)(H,33,38,40). The Hall–Kier alpha value is -4.42. The van der Waals surface area contributed by atoms with Gasteiger partial charge in [-0.05, 0) is 53.6 Å². The number of likely N-dealkylation sites (N-methyl/N-ethyl adjacent to an activating group) is 1. The predicted molar refractivity (Wildman–Crippen MR) is 137 cm³/mol. The summed E-state index contributed by atoms with van der Waals surface area (Å²) in [6.45, 7) is -2.39. The second-order valence-electron chi connectivity index (χ2n) is 11.0. The summed E-state index contributed by atoms with van der Waals surface area (Å²) in [7, 11) is 1.55. The van der Waals surface area contributed by atoms with Crippen LogP contribution in [0.5, 0.6) is 0 Å². The average molecular weight is 570 g/mol. The molecule has 0 aromatic heterocycles. The first-order valence-electron chi connectivity index (χ1n) is 13.2. The molecule has 2 aromatic carbocycles. The van der Waals surface area contributed by atoms with Crippen LogP contribution in [0.25, 0.3) is 0 Å². The largest absolute Gasteiger partial charge is 0.406 e. The molecule has 2 heterocycles. The molecule has 2 aliphatic carbocycles. The van der Waals surface area contributed by atoms with Gasteiger partial charge in [0.05, 0.1) is 0 Å². The van der Waals surface area contributed by atoms with Crippen LogP contribution >= 0.6 is 0 Å². The Labute approximate surface area is 232 Å². The van der Waals surface area contributed by atoms with E-state index in [1.54, 1.807) is 49.5 Å². The number of hydrogen-bond acceptors (Lipinski definition) is 5. The Bertz CT molecular complexity index is 1530. The summed E-state index contributed by atoms with van der Waals surface area (Å²) in [5, 5.41) is 5.01. The molecule has 41 heavy (non-hydrogen) atoms. The third-order valence-electron chi connectivity index (χ3n) is 8.65. The lowest BCUT2D eigenvalue weighted by Gasteiger charge is -2.39. The van der Waals surface area contributed by atoms with Crippen LogP contribution in [0.4, 0.5) is 28.4 Å². The molecule has 2 N–H and O–H groups in total. The van der Waals surface area contributed by atoms with Gasteiger partial charge in [0.25, 0.3) is 11.8 Å². The van der Waals surface area contributed by atoms with Crippen LogP contribution in [-0.4, -0.2) is 76.3 Å². The number of anilines is 1. The highest BCUT2D eigenvalue weighted by Crippen LogP contribution is 2.46. The van der Waals surface area contributed by atoms with Crippen LogP contribution < -0.4 is 10.6 Å². The third-order valence-corrected chi connectivity index (χ3v) is 8.65. The Morgan fingerprint density at radius 2 is 1.76 bits per heavy atom. The van der Waals surface area contributed by atoms with E-state index in [1.807, 2.05) is 0 Å². The number of benzene rings is 2. The first kappa shape index (κ1) is 26.8. The number of imide groups is 2. The van der Waals surface area contributed by atoms with E-state index in [-0.39, 0.29) is 17.7 Å². The van der Waals surface area contributed by atoms with Gasteiger partial charge >= 0.3 is 18.2 Å². The molecule has 2 aromatic rings. The number of carbonyl (C=O) groups excluding carboxylic acids is 5. The zero-order valence-electron chi connectivity index (χ0n) is 22.0. The lowest BCUT2D eigenvalue weighted by atomic mass is 9.75. The van der Waals surface area contributed by atoms with Crippen molar-refractivity contribution in [1.29, 1.82) is 0 Å². The molecule has 7 amide bonds. The van der Waals surface area contributed by atoms with Crippen molar-refractivity contribution < 1.29 is 37.1 Å². The minimum atomic E-state index is -4.81. The number of urea groups is 2. The molecule has 13 heteroatoms. The number of rotatable bonds is 4. The smallest absolute Gasteiger partial charge is 0.325 e. The highest BCUT2D eigenvalue weighted by atomic mass is 19.4. The zero-order chi connectivity index (χ0) is 29.3. The van der Waals surface area contributed by atoms with Crippen molar-refractivity contribution in [3.63, 3.8) is 0 Å². The minimum Gasteiger partial charge on any atom is -0.325 e. The second-order valence-corrected chi connectivity index (χ2v) is 11.0. The number of hydrogen-bond donors (Lipinski definition) is 2. The molecule has 2 aliphatic heterocycles. The Morgan fingerprint density at radius 1 is 1.02 bits per heavy atom. The summed E-state index contributed by atoms with van der Waals surface area (Å²) >= 11 is 0. The lowest BCUT2D eigenvalue weighted by Crippen LogP contribution is -2.51. The number of nitrogens with one attached hydrogen (secondary N) is 2. The van der Waals surface area contributed by atoms with Gasteiger partial charge in [-0.2, -0.15) is 13.2 Å². The Balaban J connectivity index is 1.27. The highest BCUT2D eigenvalue weighted by molar-refractivity contribution is 6.10. The molecule has 2 fully saturated rings. The Morgan fingerprint density at radius 3 is 2.46 bits per heavy atom. The van der Waals surface area contributed by atoms with Crippen molar-refractivity contribution in [1.82, 2.24) is 20.0 Å². The van der Waals surface area contributed by atoms with E-state index in [9.17, 15) is 37.1 Å². The van der Waals surface area contributed by atoms with Crippen LogP contribution in [0.2, 0.25) is 0 Å². The van der Waals surface area contributed by atoms with Crippen LogP contribution in [-0.2, 0) is 39.2 Å². The fraction of sp³-hybridized carbons (Fsp3) is 0.393. The molecule has 0 radical (unpaired) electrons. The van der Waals surface area contributed by atoms with E-state index in [1.165, 1.54) is 4.90 Å². The number of carbonyl (C=O) groups is 5. The summed E-state index contributed by atoms with van der Waals surface area (Å²) in [5.41, 5.74) is 0.339. The third kappa shape index (κ3) is 4.05. The summed E-state index contributed by atoms with van der Waals surface area (Å²) < 4.78 is 40.1.